The van der Waals surface area contributed by atoms with Crippen LogP contribution >= 0.6 is 0 Å². The van der Waals surface area contributed by atoms with E-state index in [0.29, 0.717) is 16.9 Å². The van der Waals surface area contributed by atoms with Crippen LogP contribution in [0.15, 0.2) is 53.3 Å². The van der Waals surface area contributed by atoms with Crippen LogP contribution in [0, 0.1) is 11.6 Å². The number of nitrogen functional groups attached to an aromatic ring is 1. The fourth-order valence-electron chi connectivity index (χ4n) is 2.41. The zero-order valence-corrected chi connectivity index (χ0v) is 12.6. The molecule has 0 atom stereocenters. The Morgan fingerprint density at radius 2 is 2.00 bits per heavy atom. The van der Waals surface area contributed by atoms with Crippen molar-refractivity contribution in [3.63, 3.8) is 0 Å². The molecule has 0 bridgehead atoms. The van der Waals surface area contributed by atoms with Crippen LogP contribution in [0.2, 0.25) is 0 Å². The number of furan rings is 1. The van der Waals surface area contributed by atoms with E-state index in [4.69, 9.17) is 10.2 Å². The summed E-state index contributed by atoms with van der Waals surface area (Å²) in [5.41, 5.74) is 6.80. The van der Waals surface area contributed by atoms with E-state index in [0.717, 1.165) is 10.7 Å². The summed E-state index contributed by atoms with van der Waals surface area (Å²) in [4.78, 5) is 4.11. The predicted octanol–water partition coefficient (Wildman–Crippen LogP) is 2.84. The van der Waals surface area contributed by atoms with Crippen molar-refractivity contribution in [2.75, 3.05) is 5.73 Å². The van der Waals surface area contributed by atoms with Gasteiger partial charge in [0.05, 0.1) is 11.8 Å². The Morgan fingerprint density at radius 1 is 1.12 bits per heavy atom. The van der Waals surface area contributed by atoms with E-state index in [1.165, 1.54) is 24.6 Å². The van der Waals surface area contributed by atoms with Crippen molar-refractivity contribution in [2.45, 2.75) is 0 Å². The molecule has 0 aliphatic carbocycles. The molecule has 1 aromatic carbocycles. The normalized spacial score (nSPS) is 11.0. The standard InChI is InChI=1S/C16H10F2N6O/c17-11-3-1-4-12(14(11)18)24-16(21-22-23-24)10-7-9(8-20-15(10)19)13-5-2-6-25-13/h1-8H,(H2,19,20). The topological polar surface area (TPSA) is 95.7 Å². The van der Waals surface area contributed by atoms with Gasteiger partial charge in [-0.1, -0.05) is 6.07 Å². The molecule has 0 radical (unpaired) electrons. The fourth-order valence-corrected chi connectivity index (χ4v) is 2.41. The summed E-state index contributed by atoms with van der Waals surface area (Å²) in [5, 5.41) is 11.2. The number of halogens is 2. The Balaban J connectivity index is 1.89. The number of nitrogens with zero attached hydrogens (tertiary/aromatic N) is 5. The molecule has 25 heavy (non-hydrogen) atoms. The highest BCUT2D eigenvalue weighted by atomic mass is 19.2. The van der Waals surface area contributed by atoms with Gasteiger partial charge in [-0.2, -0.15) is 4.68 Å². The number of rotatable bonds is 3. The third kappa shape index (κ3) is 2.51. The van der Waals surface area contributed by atoms with E-state index in [1.807, 2.05) is 0 Å². The Bertz CT molecular complexity index is 1040. The molecule has 9 heteroatoms. The van der Waals surface area contributed by atoms with E-state index < -0.39 is 11.6 Å². The smallest absolute Gasteiger partial charge is 0.190 e. The van der Waals surface area contributed by atoms with Crippen molar-refractivity contribution < 1.29 is 13.2 Å². The minimum Gasteiger partial charge on any atom is -0.464 e. The second-order valence-electron chi connectivity index (χ2n) is 5.12. The largest absolute Gasteiger partial charge is 0.464 e. The lowest BCUT2D eigenvalue weighted by Crippen LogP contribution is -2.06. The van der Waals surface area contributed by atoms with Crippen molar-refractivity contribution in [3.05, 3.63) is 60.5 Å². The number of anilines is 1. The van der Waals surface area contributed by atoms with Crippen molar-refractivity contribution in [3.8, 4) is 28.4 Å². The Labute approximate surface area is 139 Å². The lowest BCUT2D eigenvalue weighted by molar-refractivity contribution is 0.501. The van der Waals surface area contributed by atoms with Gasteiger partial charge >= 0.3 is 0 Å². The average Bonchev–Trinajstić information content (AvgIpc) is 3.29. The zero-order valence-electron chi connectivity index (χ0n) is 12.6. The van der Waals surface area contributed by atoms with Gasteiger partial charge < -0.3 is 10.2 Å². The van der Waals surface area contributed by atoms with E-state index in [-0.39, 0.29) is 17.3 Å². The molecule has 3 aromatic heterocycles. The van der Waals surface area contributed by atoms with Gasteiger partial charge in [-0.25, -0.2) is 13.8 Å². The summed E-state index contributed by atoms with van der Waals surface area (Å²) < 4.78 is 34.0. The molecule has 0 saturated heterocycles. The predicted molar refractivity (Wildman–Crippen MR) is 84.4 cm³/mol. The summed E-state index contributed by atoms with van der Waals surface area (Å²) in [7, 11) is 0. The molecule has 0 saturated carbocycles. The molecule has 3 heterocycles. The first-order chi connectivity index (χ1) is 12.1. The Hall–Kier alpha value is -3.62. The molecule has 0 unspecified atom stereocenters. The van der Waals surface area contributed by atoms with Crippen LogP contribution in [-0.4, -0.2) is 25.2 Å². The maximum Gasteiger partial charge on any atom is 0.190 e. The van der Waals surface area contributed by atoms with Crippen LogP contribution in [0.5, 0.6) is 0 Å². The van der Waals surface area contributed by atoms with E-state index >= 15 is 0 Å². The number of hydrogen-bond acceptors (Lipinski definition) is 6. The Kier molecular flexibility index (Phi) is 3.46. The monoisotopic (exact) mass is 340 g/mol. The number of tetrazole rings is 1. The minimum atomic E-state index is -1.07. The molecule has 7 nitrogen and oxygen atoms in total. The number of hydrogen-bond donors (Lipinski definition) is 1. The van der Waals surface area contributed by atoms with Gasteiger partial charge in [0.25, 0.3) is 0 Å². The summed E-state index contributed by atoms with van der Waals surface area (Å²) in [6.45, 7) is 0. The van der Waals surface area contributed by atoms with Crippen LogP contribution in [0.1, 0.15) is 0 Å². The first-order valence-corrected chi connectivity index (χ1v) is 7.17. The summed E-state index contributed by atoms with van der Waals surface area (Å²) in [6, 6.07) is 8.89. The molecule has 0 aliphatic heterocycles. The molecule has 2 N–H and O–H groups in total. The van der Waals surface area contributed by atoms with Crippen LogP contribution in [0.4, 0.5) is 14.6 Å². The van der Waals surface area contributed by atoms with Gasteiger partial charge in [0.1, 0.15) is 17.3 Å². The fraction of sp³-hybridized carbons (Fsp3) is 0. The summed E-state index contributed by atoms with van der Waals surface area (Å²) in [6.07, 6.45) is 3.06. The quantitative estimate of drug-likeness (QED) is 0.616. The third-order valence-electron chi connectivity index (χ3n) is 3.59. The van der Waals surface area contributed by atoms with Crippen molar-refractivity contribution in [1.29, 1.82) is 0 Å². The maximum absolute atomic E-state index is 14.1. The van der Waals surface area contributed by atoms with Crippen molar-refractivity contribution in [1.82, 2.24) is 25.2 Å². The minimum absolute atomic E-state index is 0.128. The van der Waals surface area contributed by atoms with E-state index in [2.05, 4.69) is 20.5 Å². The maximum atomic E-state index is 14.1. The lowest BCUT2D eigenvalue weighted by Gasteiger charge is -2.08. The molecule has 0 fully saturated rings. The van der Waals surface area contributed by atoms with Crippen molar-refractivity contribution >= 4 is 5.82 Å². The second-order valence-corrected chi connectivity index (χ2v) is 5.12. The number of aromatic nitrogens is 5. The van der Waals surface area contributed by atoms with Crippen LogP contribution in [0.3, 0.4) is 0 Å². The average molecular weight is 340 g/mol. The first kappa shape index (κ1) is 14.9. The highest BCUT2D eigenvalue weighted by Crippen LogP contribution is 2.30. The SMILES string of the molecule is Nc1ncc(-c2ccco2)cc1-c1nnnn1-c1cccc(F)c1F. The lowest BCUT2D eigenvalue weighted by atomic mass is 10.1. The molecule has 0 aliphatic rings. The van der Waals surface area contributed by atoms with Gasteiger partial charge in [-0.15, -0.1) is 5.10 Å². The number of pyridine rings is 1. The molecule has 124 valence electrons. The highest BCUT2D eigenvalue weighted by molar-refractivity contribution is 5.75. The molecular weight excluding hydrogens is 330 g/mol. The summed E-state index contributed by atoms with van der Waals surface area (Å²) >= 11 is 0. The van der Waals surface area contributed by atoms with Crippen LogP contribution in [0.25, 0.3) is 28.4 Å². The van der Waals surface area contributed by atoms with Gasteiger partial charge in [0.2, 0.25) is 0 Å². The second kappa shape index (κ2) is 5.78. The Morgan fingerprint density at radius 3 is 2.80 bits per heavy atom. The van der Waals surface area contributed by atoms with Crippen LogP contribution < -0.4 is 5.73 Å². The molecule has 0 spiro atoms. The van der Waals surface area contributed by atoms with Crippen molar-refractivity contribution in [2.24, 2.45) is 0 Å². The third-order valence-corrected chi connectivity index (χ3v) is 3.59. The number of nitrogens with two attached hydrogens (primary N) is 1. The van der Waals surface area contributed by atoms with Gasteiger partial charge in [0, 0.05) is 11.8 Å². The van der Waals surface area contributed by atoms with Crippen LogP contribution in [-0.2, 0) is 0 Å². The van der Waals surface area contributed by atoms with Gasteiger partial charge in [-0.05, 0) is 40.8 Å². The van der Waals surface area contributed by atoms with E-state index in [9.17, 15) is 8.78 Å². The van der Waals surface area contributed by atoms with Gasteiger partial charge in [0.15, 0.2) is 17.5 Å². The number of benzene rings is 1. The molecule has 0 amide bonds. The molecule has 4 aromatic rings. The first-order valence-electron chi connectivity index (χ1n) is 7.17. The molecular formula is C16H10F2N6O. The van der Waals surface area contributed by atoms with Gasteiger partial charge in [-0.3, -0.25) is 0 Å². The zero-order chi connectivity index (χ0) is 17.4. The van der Waals surface area contributed by atoms with E-state index in [1.54, 1.807) is 18.2 Å². The summed E-state index contributed by atoms with van der Waals surface area (Å²) in [5.74, 6) is -1.23. The highest BCUT2D eigenvalue weighted by Gasteiger charge is 2.19. The molecule has 4 rings (SSSR count).